The molecule has 1 fully saturated rings. The van der Waals surface area contributed by atoms with Crippen LogP contribution in [0.2, 0.25) is 0 Å². The molecule has 0 aromatic carbocycles. The molecule has 3 rings (SSSR count). The van der Waals surface area contributed by atoms with Gasteiger partial charge < -0.3 is 9.80 Å². The van der Waals surface area contributed by atoms with Crippen LogP contribution in [0.4, 0.5) is 10.2 Å². The Morgan fingerprint density at radius 1 is 1.04 bits per heavy atom. The van der Waals surface area contributed by atoms with Gasteiger partial charge in [-0.2, -0.15) is 0 Å². The number of halogens is 1. The Labute approximate surface area is 152 Å². The first-order valence-electron chi connectivity index (χ1n) is 8.98. The predicted octanol–water partition coefficient (Wildman–Crippen LogP) is 1.88. The second kappa shape index (κ2) is 8.16. The molecule has 0 saturated carbocycles. The van der Waals surface area contributed by atoms with Gasteiger partial charge in [0.25, 0.3) is 5.91 Å². The van der Waals surface area contributed by atoms with Gasteiger partial charge in [0, 0.05) is 45.0 Å². The van der Waals surface area contributed by atoms with E-state index in [1.165, 1.54) is 6.33 Å². The summed E-state index contributed by atoms with van der Waals surface area (Å²) in [5, 5.41) is 0. The lowest BCUT2D eigenvalue weighted by Crippen LogP contribution is -2.35. The molecule has 8 heteroatoms. The number of aryl methyl sites for hydroxylation is 2. The van der Waals surface area contributed by atoms with Gasteiger partial charge in [-0.1, -0.05) is 13.8 Å². The molecule has 1 aliphatic rings. The van der Waals surface area contributed by atoms with E-state index in [1.54, 1.807) is 17.3 Å². The first-order chi connectivity index (χ1) is 12.6. The van der Waals surface area contributed by atoms with Gasteiger partial charge in [0.2, 0.25) is 0 Å². The van der Waals surface area contributed by atoms with E-state index in [9.17, 15) is 9.18 Å². The van der Waals surface area contributed by atoms with E-state index in [4.69, 9.17) is 0 Å². The van der Waals surface area contributed by atoms with Crippen LogP contribution in [-0.2, 0) is 12.8 Å². The summed E-state index contributed by atoms with van der Waals surface area (Å²) in [5.74, 6) is 0.585. The Hall–Kier alpha value is -2.64. The van der Waals surface area contributed by atoms with Crippen LogP contribution in [0.1, 0.15) is 42.1 Å². The molecule has 0 N–H and O–H groups in total. The molecule has 0 bridgehead atoms. The number of anilines is 1. The Balaban J connectivity index is 1.71. The maximum atomic E-state index is 14.5. The molecule has 0 unspecified atom stereocenters. The Bertz CT molecular complexity index is 767. The summed E-state index contributed by atoms with van der Waals surface area (Å²) in [5.41, 5.74) is 0.900. The van der Waals surface area contributed by atoms with Crippen LogP contribution >= 0.6 is 0 Å². The zero-order chi connectivity index (χ0) is 18.5. The van der Waals surface area contributed by atoms with Crippen LogP contribution in [0, 0.1) is 5.82 Å². The van der Waals surface area contributed by atoms with Gasteiger partial charge in [-0.25, -0.2) is 24.3 Å². The Morgan fingerprint density at radius 3 is 2.50 bits per heavy atom. The van der Waals surface area contributed by atoms with E-state index in [0.29, 0.717) is 49.7 Å². The minimum Gasteiger partial charge on any atom is -0.352 e. The molecule has 1 saturated heterocycles. The van der Waals surface area contributed by atoms with Gasteiger partial charge in [-0.3, -0.25) is 4.79 Å². The topological polar surface area (TPSA) is 75.1 Å². The molecule has 0 atom stereocenters. The fraction of sp³-hybridized carbons (Fsp3) is 0.500. The lowest BCUT2D eigenvalue weighted by molar-refractivity contribution is 0.0766. The molecule has 1 amide bonds. The molecule has 0 aliphatic carbocycles. The number of hydrogen-bond donors (Lipinski definition) is 0. The second-order valence-corrected chi connectivity index (χ2v) is 6.19. The van der Waals surface area contributed by atoms with Crippen molar-refractivity contribution in [3.8, 4) is 0 Å². The highest BCUT2D eigenvalue weighted by molar-refractivity contribution is 5.93. The number of hydrogen-bond acceptors (Lipinski definition) is 6. The molecule has 1 aliphatic heterocycles. The summed E-state index contributed by atoms with van der Waals surface area (Å²) in [4.78, 5) is 32.8. The number of rotatable bonds is 4. The summed E-state index contributed by atoms with van der Waals surface area (Å²) in [6.45, 7) is 6.11. The molecule has 26 heavy (non-hydrogen) atoms. The van der Waals surface area contributed by atoms with Gasteiger partial charge in [-0.15, -0.1) is 0 Å². The highest BCUT2D eigenvalue weighted by atomic mass is 19.1. The van der Waals surface area contributed by atoms with Crippen LogP contribution in [-0.4, -0.2) is 56.9 Å². The van der Waals surface area contributed by atoms with Crippen LogP contribution in [0.25, 0.3) is 0 Å². The number of aromatic nitrogens is 4. The fourth-order valence-electron chi connectivity index (χ4n) is 3.03. The zero-order valence-corrected chi connectivity index (χ0v) is 15.2. The largest absolute Gasteiger partial charge is 0.352 e. The molecule has 3 heterocycles. The Morgan fingerprint density at radius 2 is 1.81 bits per heavy atom. The molecule has 7 nitrogen and oxygen atoms in total. The second-order valence-electron chi connectivity index (χ2n) is 6.19. The SMILES string of the molecule is CCc1ncc(C(=O)N2CCCN(c3ncnc(CC)c3F)CC2)cn1. The number of carbonyl (C=O) groups excluding carboxylic acids is 1. The summed E-state index contributed by atoms with van der Waals surface area (Å²) in [7, 11) is 0. The predicted molar refractivity (Wildman–Crippen MR) is 95.5 cm³/mol. The summed E-state index contributed by atoms with van der Waals surface area (Å²) in [6.07, 6.45) is 6.55. The van der Waals surface area contributed by atoms with Crippen LogP contribution in [0.15, 0.2) is 18.7 Å². The van der Waals surface area contributed by atoms with Crippen molar-refractivity contribution in [1.82, 2.24) is 24.8 Å². The van der Waals surface area contributed by atoms with E-state index >= 15 is 0 Å². The van der Waals surface area contributed by atoms with Crippen molar-refractivity contribution in [1.29, 1.82) is 0 Å². The number of carbonyl (C=O) groups is 1. The molecule has 138 valence electrons. The quantitative estimate of drug-likeness (QED) is 0.831. The lowest BCUT2D eigenvalue weighted by atomic mass is 10.2. The van der Waals surface area contributed by atoms with E-state index in [1.807, 2.05) is 18.7 Å². The van der Waals surface area contributed by atoms with Gasteiger partial charge in [0.1, 0.15) is 12.2 Å². The molecular formula is C18H23FN6O. The minimum atomic E-state index is -0.363. The third-order valence-corrected chi connectivity index (χ3v) is 4.53. The van der Waals surface area contributed by atoms with E-state index < -0.39 is 0 Å². The first-order valence-corrected chi connectivity index (χ1v) is 8.98. The fourth-order valence-corrected chi connectivity index (χ4v) is 3.03. The third-order valence-electron chi connectivity index (χ3n) is 4.53. The van der Waals surface area contributed by atoms with E-state index in [0.717, 1.165) is 18.7 Å². The van der Waals surface area contributed by atoms with Gasteiger partial charge in [-0.05, 0) is 12.8 Å². The maximum absolute atomic E-state index is 14.5. The highest BCUT2D eigenvalue weighted by Crippen LogP contribution is 2.20. The van der Waals surface area contributed by atoms with Crippen molar-refractivity contribution in [3.63, 3.8) is 0 Å². The van der Waals surface area contributed by atoms with Gasteiger partial charge in [0.05, 0.1) is 11.3 Å². The molecular weight excluding hydrogens is 335 g/mol. The zero-order valence-electron chi connectivity index (χ0n) is 15.2. The summed E-state index contributed by atoms with van der Waals surface area (Å²) < 4.78 is 14.5. The van der Waals surface area contributed by atoms with Crippen LogP contribution in [0.3, 0.4) is 0 Å². The highest BCUT2D eigenvalue weighted by Gasteiger charge is 2.23. The first kappa shape index (κ1) is 18.2. The standard InChI is InChI=1S/C18H23FN6O/c1-3-14-16(19)17(23-12-22-14)24-6-5-7-25(9-8-24)18(26)13-10-20-15(4-2)21-11-13/h10-12H,3-9H2,1-2H3. The van der Waals surface area contributed by atoms with Gasteiger partial charge >= 0.3 is 0 Å². The normalized spacial score (nSPS) is 15.0. The molecule has 0 spiro atoms. The minimum absolute atomic E-state index is 0.0908. The Kier molecular flexibility index (Phi) is 5.70. The van der Waals surface area contributed by atoms with Crippen molar-refractivity contribution in [2.75, 3.05) is 31.1 Å². The average Bonchev–Trinajstić information content (AvgIpc) is 2.94. The smallest absolute Gasteiger partial charge is 0.257 e. The average molecular weight is 358 g/mol. The van der Waals surface area contributed by atoms with Crippen LogP contribution in [0.5, 0.6) is 0 Å². The van der Waals surface area contributed by atoms with E-state index in [-0.39, 0.29) is 11.7 Å². The maximum Gasteiger partial charge on any atom is 0.257 e. The lowest BCUT2D eigenvalue weighted by Gasteiger charge is -2.23. The van der Waals surface area contributed by atoms with Crippen molar-refractivity contribution in [2.45, 2.75) is 33.1 Å². The van der Waals surface area contributed by atoms with E-state index in [2.05, 4.69) is 19.9 Å². The molecule has 2 aromatic heterocycles. The number of nitrogens with zero attached hydrogens (tertiary/aromatic N) is 6. The molecule has 2 aromatic rings. The monoisotopic (exact) mass is 358 g/mol. The van der Waals surface area contributed by atoms with Crippen molar-refractivity contribution >= 4 is 11.7 Å². The van der Waals surface area contributed by atoms with Crippen molar-refractivity contribution in [3.05, 3.63) is 41.6 Å². The summed E-state index contributed by atoms with van der Waals surface area (Å²) in [6, 6.07) is 0. The van der Waals surface area contributed by atoms with Crippen LogP contribution < -0.4 is 4.90 Å². The van der Waals surface area contributed by atoms with Crippen molar-refractivity contribution < 1.29 is 9.18 Å². The van der Waals surface area contributed by atoms with Crippen molar-refractivity contribution in [2.24, 2.45) is 0 Å². The third kappa shape index (κ3) is 3.79. The summed E-state index contributed by atoms with van der Waals surface area (Å²) >= 11 is 0. The molecule has 0 radical (unpaired) electrons. The van der Waals surface area contributed by atoms with Gasteiger partial charge in [0.15, 0.2) is 11.6 Å². The number of amides is 1.